The Morgan fingerprint density at radius 1 is 1.36 bits per heavy atom. The molecule has 0 radical (unpaired) electrons. The summed E-state index contributed by atoms with van der Waals surface area (Å²) in [5.41, 5.74) is 1.06. The average Bonchev–Trinajstić information content (AvgIpc) is 2.18. The van der Waals surface area contributed by atoms with Crippen LogP contribution in [0.5, 0.6) is 0 Å². The fraction of sp³-hybridized carbons (Fsp3) is 0.182. The summed E-state index contributed by atoms with van der Waals surface area (Å²) in [5, 5.41) is 8.66. The summed E-state index contributed by atoms with van der Waals surface area (Å²) in [5.74, 6) is -0.372. The van der Waals surface area contributed by atoms with Gasteiger partial charge in [-0.1, -0.05) is 18.7 Å². The lowest BCUT2D eigenvalue weighted by atomic mass is 10.1. The molecule has 0 atom stereocenters. The summed E-state index contributed by atoms with van der Waals surface area (Å²) in [6.07, 6.45) is 0. The van der Waals surface area contributed by atoms with Crippen molar-refractivity contribution < 1.29 is 14.6 Å². The maximum absolute atomic E-state index is 10.6. The molecule has 14 heavy (non-hydrogen) atoms. The molecule has 0 saturated carbocycles. The molecule has 74 valence electrons. The highest BCUT2D eigenvalue weighted by atomic mass is 16.5. The summed E-state index contributed by atoms with van der Waals surface area (Å²) < 4.78 is 5.19. The first kappa shape index (κ1) is 10.3. The summed E-state index contributed by atoms with van der Waals surface area (Å²) in [6, 6.07) is 6.42. The third-order valence-electron chi connectivity index (χ3n) is 1.77. The van der Waals surface area contributed by atoms with Crippen LogP contribution in [0, 0.1) is 0 Å². The second-order valence-corrected chi connectivity index (χ2v) is 2.74. The Balaban J connectivity index is 2.83. The Morgan fingerprint density at radius 2 is 1.86 bits per heavy atom. The highest BCUT2D eigenvalue weighted by Crippen LogP contribution is 2.14. The van der Waals surface area contributed by atoms with Gasteiger partial charge in [0.25, 0.3) is 0 Å². The number of hydrogen-bond acceptors (Lipinski definition) is 2. The van der Waals surface area contributed by atoms with Gasteiger partial charge in [-0.05, 0) is 19.1 Å². The molecule has 0 spiro atoms. The van der Waals surface area contributed by atoms with Crippen molar-refractivity contribution in [1.29, 1.82) is 0 Å². The van der Waals surface area contributed by atoms with Gasteiger partial charge in [-0.15, -0.1) is 0 Å². The van der Waals surface area contributed by atoms with Crippen LogP contribution in [-0.4, -0.2) is 17.7 Å². The van der Waals surface area contributed by atoms with Crippen LogP contribution < -0.4 is 0 Å². The lowest BCUT2D eigenvalue weighted by Gasteiger charge is -2.06. The van der Waals surface area contributed by atoms with Gasteiger partial charge in [-0.3, -0.25) is 0 Å². The number of rotatable bonds is 4. The van der Waals surface area contributed by atoms with Gasteiger partial charge < -0.3 is 9.84 Å². The van der Waals surface area contributed by atoms with E-state index in [1.807, 2.05) is 6.92 Å². The molecule has 3 nitrogen and oxygen atoms in total. The van der Waals surface area contributed by atoms with Crippen molar-refractivity contribution >= 4 is 11.7 Å². The molecular formula is C11H12O3. The van der Waals surface area contributed by atoms with Gasteiger partial charge in [0, 0.05) is 5.56 Å². The van der Waals surface area contributed by atoms with Crippen molar-refractivity contribution in [1.82, 2.24) is 0 Å². The number of hydrogen-bond donors (Lipinski definition) is 1. The van der Waals surface area contributed by atoms with Crippen LogP contribution in [0.15, 0.2) is 30.8 Å². The van der Waals surface area contributed by atoms with E-state index < -0.39 is 5.97 Å². The van der Waals surface area contributed by atoms with Crippen LogP contribution in [-0.2, 0) is 4.74 Å². The molecule has 0 fully saturated rings. The fourth-order valence-corrected chi connectivity index (χ4v) is 1.06. The van der Waals surface area contributed by atoms with Crippen molar-refractivity contribution in [2.24, 2.45) is 0 Å². The minimum Gasteiger partial charge on any atom is -0.494 e. The number of ether oxygens (including phenoxy) is 1. The van der Waals surface area contributed by atoms with Gasteiger partial charge >= 0.3 is 5.97 Å². The molecular weight excluding hydrogens is 180 g/mol. The predicted molar refractivity (Wildman–Crippen MR) is 54.1 cm³/mol. The smallest absolute Gasteiger partial charge is 0.335 e. The van der Waals surface area contributed by atoms with E-state index in [9.17, 15) is 4.79 Å². The fourth-order valence-electron chi connectivity index (χ4n) is 1.06. The van der Waals surface area contributed by atoms with Crippen molar-refractivity contribution in [2.45, 2.75) is 6.92 Å². The van der Waals surface area contributed by atoms with Crippen LogP contribution in [0.1, 0.15) is 22.8 Å². The lowest BCUT2D eigenvalue weighted by Crippen LogP contribution is -1.96. The lowest BCUT2D eigenvalue weighted by molar-refractivity contribution is 0.0697. The third-order valence-corrected chi connectivity index (χ3v) is 1.77. The Hall–Kier alpha value is -1.77. The van der Waals surface area contributed by atoms with Crippen LogP contribution in [0.4, 0.5) is 0 Å². The topological polar surface area (TPSA) is 46.5 Å². The molecule has 0 aliphatic rings. The van der Waals surface area contributed by atoms with Gasteiger partial charge in [0.2, 0.25) is 0 Å². The molecule has 0 saturated heterocycles. The molecule has 1 aromatic carbocycles. The second kappa shape index (κ2) is 4.46. The average molecular weight is 192 g/mol. The molecule has 0 bridgehead atoms. The predicted octanol–water partition coefficient (Wildman–Crippen LogP) is 2.39. The van der Waals surface area contributed by atoms with E-state index in [1.165, 1.54) is 12.1 Å². The number of aromatic carboxylic acids is 1. The van der Waals surface area contributed by atoms with Crippen molar-refractivity contribution in [3.05, 3.63) is 42.0 Å². The number of benzene rings is 1. The minimum absolute atomic E-state index is 0.262. The number of carboxylic acid groups (broad SMARTS) is 1. The highest BCUT2D eigenvalue weighted by molar-refractivity contribution is 5.87. The standard InChI is InChI=1S/C11H12O3/c1-3-14-8(2)9-4-6-10(7-5-9)11(12)13/h4-7H,2-3H2,1H3,(H,12,13). The van der Waals surface area contributed by atoms with E-state index >= 15 is 0 Å². The first-order valence-corrected chi connectivity index (χ1v) is 4.30. The largest absolute Gasteiger partial charge is 0.494 e. The minimum atomic E-state index is -0.932. The van der Waals surface area contributed by atoms with E-state index in [-0.39, 0.29) is 5.56 Å². The monoisotopic (exact) mass is 192 g/mol. The van der Waals surface area contributed by atoms with E-state index in [1.54, 1.807) is 12.1 Å². The third kappa shape index (κ3) is 2.36. The Kier molecular flexibility index (Phi) is 3.29. The van der Waals surface area contributed by atoms with Crippen LogP contribution in [0.25, 0.3) is 5.76 Å². The normalized spacial score (nSPS) is 9.50. The molecule has 1 rings (SSSR count). The second-order valence-electron chi connectivity index (χ2n) is 2.74. The quantitative estimate of drug-likeness (QED) is 0.745. The molecule has 1 N–H and O–H groups in total. The van der Waals surface area contributed by atoms with Crippen molar-refractivity contribution in [2.75, 3.05) is 6.61 Å². The van der Waals surface area contributed by atoms with Crippen LogP contribution in [0.3, 0.4) is 0 Å². The van der Waals surface area contributed by atoms with Gasteiger partial charge in [0.05, 0.1) is 12.2 Å². The van der Waals surface area contributed by atoms with Gasteiger partial charge in [0.15, 0.2) is 0 Å². The Morgan fingerprint density at radius 3 is 2.29 bits per heavy atom. The SMILES string of the molecule is C=C(OCC)c1ccc(C(=O)O)cc1. The van der Waals surface area contributed by atoms with Crippen molar-refractivity contribution in [3.8, 4) is 0 Å². The maximum atomic E-state index is 10.6. The zero-order valence-corrected chi connectivity index (χ0v) is 7.99. The van der Waals surface area contributed by atoms with Gasteiger partial charge in [0.1, 0.15) is 5.76 Å². The first-order valence-electron chi connectivity index (χ1n) is 4.30. The molecule has 0 aliphatic carbocycles. The van der Waals surface area contributed by atoms with E-state index in [0.717, 1.165) is 5.56 Å². The molecule has 0 heterocycles. The van der Waals surface area contributed by atoms with E-state index in [4.69, 9.17) is 9.84 Å². The Bertz CT molecular complexity index is 338. The molecule has 0 aliphatic heterocycles. The first-order chi connectivity index (χ1) is 6.65. The summed E-state index contributed by atoms with van der Waals surface area (Å²) >= 11 is 0. The number of carboxylic acids is 1. The maximum Gasteiger partial charge on any atom is 0.335 e. The Labute approximate surface area is 82.6 Å². The summed E-state index contributed by atoms with van der Waals surface area (Å²) in [7, 11) is 0. The molecule has 3 heteroatoms. The summed E-state index contributed by atoms with van der Waals surface area (Å²) in [6.45, 7) is 6.15. The highest BCUT2D eigenvalue weighted by Gasteiger charge is 2.03. The number of carbonyl (C=O) groups is 1. The van der Waals surface area contributed by atoms with Crippen LogP contribution in [0.2, 0.25) is 0 Å². The molecule has 0 unspecified atom stereocenters. The molecule has 0 amide bonds. The zero-order chi connectivity index (χ0) is 10.6. The van der Waals surface area contributed by atoms with E-state index in [2.05, 4.69) is 6.58 Å². The van der Waals surface area contributed by atoms with E-state index in [0.29, 0.717) is 12.4 Å². The molecule has 0 aromatic heterocycles. The van der Waals surface area contributed by atoms with Gasteiger partial charge in [-0.25, -0.2) is 4.79 Å². The zero-order valence-electron chi connectivity index (χ0n) is 7.99. The molecule has 1 aromatic rings. The van der Waals surface area contributed by atoms with Crippen LogP contribution >= 0.6 is 0 Å². The van der Waals surface area contributed by atoms with Gasteiger partial charge in [-0.2, -0.15) is 0 Å². The van der Waals surface area contributed by atoms with Crippen molar-refractivity contribution in [3.63, 3.8) is 0 Å². The summed E-state index contributed by atoms with van der Waals surface area (Å²) in [4.78, 5) is 10.6.